The van der Waals surface area contributed by atoms with Gasteiger partial charge in [0.05, 0.1) is 0 Å². The zero-order valence-electron chi connectivity index (χ0n) is 7.78. The minimum Gasteiger partial charge on any atom is -0.477 e. The molecule has 1 rings (SSSR count). The van der Waals surface area contributed by atoms with Crippen molar-refractivity contribution < 1.29 is 9.90 Å². The highest BCUT2D eigenvalue weighted by Crippen LogP contribution is 2.11. The van der Waals surface area contributed by atoms with Gasteiger partial charge in [0.25, 0.3) is 5.56 Å². The van der Waals surface area contributed by atoms with Crippen LogP contribution in [0.25, 0.3) is 0 Å². The van der Waals surface area contributed by atoms with Crippen LogP contribution < -0.4 is 11.3 Å². The molecule has 0 amide bonds. The summed E-state index contributed by atoms with van der Waals surface area (Å²) >= 11 is 0. The summed E-state index contributed by atoms with van der Waals surface area (Å²) in [6, 6.07) is 1.07. The molecule has 5 nitrogen and oxygen atoms in total. The van der Waals surface area contributed by atoms with E-state index in [2.05, 4.69) is 4.98 Å². The van der Waals surface area contributed by atoms with E-state index in [0.717, 1.165) is 0 Å². The molecule has 0 fully saturated rings. The van der Waals surface area contributed by atoms with Gasteiger partial charge in [0, 0.05) is 12.2 Å². The average Bonchev–Trinajstić information content (AvgIpc) is 2.17. The number of H-pyrrole nitrogens is 1. The summed E-state index contributed by atoms with van der Waals surface area (Å²) < 4.78 is 0. The van der Waals surface area contributed by atoms with E-state index in [0.29, 0.717) is 12.0 Å². The molecule has 1 aromatic rings. The lowest BCUT2D eigenvalue weighted by molar-refractivity contribution is 0.0695. The molecule has 14 heavy (non-hydrogen) atoms. The van der Waals surface area contributed by atoms with E-state index >= 15 is 0 Å². The topological polar surface area (TPSA) is 96.2 Å². The molecule has 1 aromatic heterocycles. The number of nitrogens with two attached hydrogens (primary N) is 1. The molecule has 0 saturated heterocycles. The maximum atomic E-state index is 11.0. The van der Waals surface area contributed by atoms with Crippen LogP contribution in [0.4, 0.5) is 0 Å². The monoisotopic (exact) mass is 196 g/mol. The van der Waals surface area contributed by atoms with Crippen molar-refractivity contribution in [2.45, 2.75) is 19.4 Å². The van der Waals surface area contributed by atoms with E-state index in [1.54, 1.807) is 0 Å². The second-order valence-corrected chi connectivity index (χ2v) is 3.00. The van der Waals surface area contributed by atoms with E-state index in [4.69, 9.17) is 10.8 Å². The molecule has 0 aliphatic heterocycles. The van der Waals surface area contributed by atoms with Crippen LogP contribution in [0.3, 0.4) is 0 Å². The summed E-state index contributed by atoms with van der Waals surface area (Å²) in [7, 11) is 0. The number of carboxylic acid groups (broad SMARTS) is 1. The van der Waals surface area contributed by atoms with Gasteiger partial charge in [-0.25, -0.2) is 4.79 Å². The van der Waals surface area contributed by atoms with Gasteiger partial charge in [-0.05, 0) is 18.1 Å². The third-order valence-corrected chi connectivity index (χ3v) is 2.02. The molecule has 4 N–H and O–H groups in total. The predicted molar refractivity (Wildman–Crippen MR) is 51.2 cm³/mol. The number of hydrogen-bond acceptors (Lipinski definition) is 3. The fourth-order valence-electron chi connectivity index (χ4n) is 1.11. The molecule has 0 radical (unpaired) electrons. The van der Waals surface area contributed by atoms with E-state index < -0.39 is 11.5 Å². The Hall–Kier alpha value is -1.62. The molecule has 1 atom stereocenters. The van der Waals surface area contributed by atoms with E-state index in [1.807, 2.05) is 6.92 Å². The fourth-order valence-corrected chi connectivity index (χ4v) is 1.11. The zero-order chi connectivity index (χ0) is 10.7. The Morgan fingerprint density at radius 3 is 2.86 bits per heavy atom. The van der Waals surface area contributed by atoms with Crippen molar-refractivity contribution >= 4 is 5.97 Å². The summed E-state index contributed by atoms with van der Waals surface area (Å²) in [4.78, 5) is 24.0. The smallest absolute Gasteiger partial charge is 0.341 e. The second-order valence-electron chi connectivity index (χ2n) is 3.00. The number of aromatic amines is 1. The van der Waals surface area contributed by atoms with Crippen molar-refractivity contribution in [1.82, 2.24) is 4.98 Å². The quantitative estimate of drug-likeness (QED) is 0.655. The standard InChI is InChI=1S/C9H12N2O3/c1-2-7(10)5-3-6(9(13)14)8(12)11-4-5/h3-4,7H,2,10H2,1H3,(H,11,12)(H,13,14). The number of aromatic carboxylic acids is 1. The number of carbonyl (C=O) groups is 1. The number of pyridine rings is 1. The zero-order valence-corrected chi connectivity index (χ0v) is 7.78. The Morgan fingerprint density at radius 1 is 1.71 bits per heavy atom. The van der Waals surface area contributed by atoms with Crippen LogP contribution in [0.15, 0.2) is 17.1 Å². The van der Waals surface area contributed by atoms with Crippen molar-refractivity contribution in [1.29, 1.82) is 0 Å². The fraction of sp³-hybridized carbons (Fsp3) is 0.333. The Morgan fingerprint density at radius 2 is 2.36 bits per heavy atom. The van der Waals surface area contributed by atoms with Crippen molar-refractivity contribution in [2.24, 2.45) is 5.73 Å². The lowest BCUT2D eigenvalue weighted by Crippen LogP contribution is -2.20. The van der Waals surface area contributed by atoms with Gasteiger partial charge in [-0.3, -0.25) is 4.79 Å². The Kier molecular flexibility index (Phi) is 3.03. The first kappa shape index (κ1) is 10.5. The Labute approximate surface area is 80.6 Å². The number of aromatic nitrogens is 1. The summed E-state index contributed by atoms with van der Waals surface area (Å²) in [5, 5.41) is 8.68. The van der Waals surface area contributed by atoms with Crippen molar-refractivity contribution in [3.05, 3.63) is 33.7 Å². The van der Waals surface area contributed by atoms with Crippen molar-refractivity contribution in [3.8, 4) is 0 Å². The van der Waals surface area contributed by atoms with Gasteiger partial charge < -0.3 is 15.8 Å². The third kappa shape index (κ3) is 2.00. The highest BCUT2D eigenvalue weighted by atomic mass is 16.4. The second kappa shape index (κ2) is 4.06. The first-order chi connectivity index (χ1) is 6.56. The molecule has 5 heteroatoms. The van der Waals surface area contributed by atoms with Crippen LogP contribution in [0.5, 0.6) is 0 Å². The van der Waals surface area contributed by atoms with Gasteiger partial charge in [-0.1, -0.05) is 6.92 Å². The van der Waals surface area contributed by atoms with Gasteiger partial charge in [0.2, 0.25) is 0 Å². The highest BCUT2D eigenvalue weighted by Gasteiger charge is 2.11. The minimum absolute atomic E-state index is 0.245. The highest BCUT2D eigenvalue weighted by molar-refractivity contribution is 5.87. The summed E-state index contributed by atoms with van der Waals surface area (Å²) in [5.74, 6) is -1.24. The predicted octanol–water partition coefficient (Wildman–Crippen LogP) is 0.483. The van der Waals surface area contributed by atoms with Gasteiger partial charge >= 0.3 is 5.97 Å². The lowest BCUT2D eigenvalue weighted by Gasteiger charge is -2.08. The first-order valence-electron chi connectivity index (χ1n) is 4.27. The van der Waals surface area contributed by atoms with Crippen molar-refractivity contribution in [3.63, 3.8) is 0 Å². The molecule has 1 unspecified atom stereocenters. The van der Waals surface area contributed by atoms with Crippen LogP contribution in [0.1, 0.15) is 35.3 Å². The summed E-state index contributed by atoms with van der Waals surface area (Å²) in [6.45, 7) is 1.89. The van der Waals surface area contributed by atoms with Crippen LogP contribution >= 0.6 is 0 Å². The van der Waals surface area contributed by atoms with Gasteiger partial charge in [0.15, 0.2) is 0 Å². The van der Waals surface area contributed by atoms with Crippen LogP contribution in [-0.4, -0.2) is 16.1 Å². The summed E-state index contributed by atoms with van der Waals surface area (Å²) in [6.07, 6.45) is 2.13. The van der Waals surface area contributed by atoms with Gasteiger partial charge in [-0.15, -0.1) is 0 Å². The number of rotatable bonds is 3. The number of carboxylic acids is 1. The average molecular weight is 196 g/mol. The number of hydrogen-bond donors (Lipinski definition) is 3. The molecule has 0 spiro atoms. The molecule has 0 aliphatic carbocycles. The minimum atomic E-state index is -1.24. The molecule has 76 valence electrons. The third-order valence-electron chi connectivity index (χ3n) is 2.02. The van der Waals surface area contributed by atoms with E-state index in [-0.39, 0.29) is 11.6 Å². The SMILES string of the molecule is CCC(N)c1c[nH]c(=O)c(C(=O)O)c1. The normalized spacial score (nSPS) is 12.4. The van der Waals surface area contributed by atoms with E-state index in [9.17, 15) is 9.59 Å². The van der Waals surface area contributed by atoms with Gasteiger partial charge in [-0.2, -0.15) is 0 Å². The molecule has 0 saturated carbocycles. The molecule has 0 bridgehead atoms. The molecule has 0 aliphatic rings. The maximum Gasteiger partial charge on any atom is 0.341 e. The summed E-state index contributed by atoms with van der Waals surface area (Å²) in [5.41, 5.74) is 5.45. The van der Waals surface area contributed by atoms with E-state index in [1.165, 1.54) is 12.3 Å². The van der Waals surface area contributed by atoms with Crippen LogP contribution in [0, 0.1) is 0 Å². The Balaban J connectivity index is 3.19. The molecule has 0 aromatic carbocycles. The van der Waals surface area contributed by atoms with Crippen molar-refractivity contribution in [2.75, 3.05) is 0 Å². The van der Waals surface area contributed by atoms with Crippen LogP contribution in [-0.2, 0) is 0 Å². The maximum absolute atomic E-state index is 11.0. The van der Waals surface area contributed by atoms with Crippen LogP contribution in [0.2, 0.25) is 0 Å². The molecular formula is C9H12N2O3. The number of nitrogens with one attached hydrogen (secondary N) is 1. The molecular weight excluding hydrogens is 184 g/mol. The molecule has 1 heterocycles. The van der Waals surface area contributed by atoms with Gasteiger partial charge in [0.1, 0.15) is 5.56 Å². The lowest BCUT2D eigenvalue weighted by atomic mass is 10.1. The largest absolute Gasteiger partial charge is 0.477 e. The Bertz CT molecular complexity index is 397. The first-order valence-corrected chi connectivity index (χ1v) is 4.27.